The van der Waals surface area contributed by atoms with Crippen molar-refractivity contribution in [1.29, 1.82) is 0 Å². The molecule has 0 radical (unpaired) electrons. The van der Waals surface area contributed by atoms with Gasteiger partial charge in [0.25, 0.3) is 0 Å². The minimum Gasteiger partial charge on any atom is -0.504 e. The van der Waals surface area contributed by atoms with E-state index in [2.05, 4.69) is 14.7 Å². The van der Waals surface area contributed by atoms with Crippen molar-refractivity contribution < 1.29 is 19.0 Å². The van der Waals surface area contributed by atoms with Gasteiger partial charge in [0.1, 0.15) is 0 Å². The molecule has 1 heterocycles. The van der Waals surface area contributed by atoms with Crippen LogP contribution < -0.4 is 0 Å². The Kier molecular flexibility index (Phi) is 3.06. The molecule has 2 N–H and O–H groups in total. The number of methoxy groups -OCH3 is 1. The first-order valence-corrected chi connectivity index (χ1v) is 6.14. The van der Waals surface area contributed by atoms with E-state index in [1.807, 2.05) is 0 Å². The standard InChI is InChI=1S/C15H11FN2O3/c1-21-15(20)9-4-10(14(19)11(16)5-9)8-2-3-12-13(6-8)18-7-17-12/h2-7,19H,1H3,(H,17,18). The molecule has 0 amide bonds. The molecule has 0 bridgehead atoms. The van der Waals surface area contributed by atoms with Crippen LogP contribution in [-0.2, 0) is 4.74 Å². The maximum atomic E-state index is 13.8. The predicted molar refractivity (Wildman–Crippen MR) is 74.5 cm³/mol. The van der Waals surface area contributed by atoms with Gasteiger partial charge >= 0.3 is 5.97 Å². The van der Waals surface area contributed by atoms with Gasteiger partial charge in [-0.25, -0.2) is 14.2 Å². The zero-order chi connectivity index (χ0) is 15.0. The molecule has 0 aliphatic rings. The third-order valence-electron chi connectivity index (χ3n) is 3.22. The number of nitrogens with one attached hydrogen (secondary N) is 1. The number of aromatic hydroxyl groups is 1. The van der Waals surface area contributed by atoms with E-state index in [-0.39, 0.29) is 11.1 Å². The fourth-order valence-corrected chi connectivity index (χ4v) is 2.15. The monoisotopic (exact) mass is 286 g/mol. The molecular weight excluding hydrogens is 275 g/mol. The Morgan fingerprint density at radius 1 is 1.33 bits per heavy atom. The number of hydrogen-bond donors (Lipinski definition) is 2. The first-order valence-electron chi connectivity index (χ1n) is 6.14. The smallest absolute Gasteiger partial charge is 0.337 e. The Balaban J connectivity index is 2.20. The van der Waals surface area contributed by atoms with Crippen molar-refractivity contribution in [3.05, 3.63) is 48.0 Å². The van der Waals surface area contributed by atoms with Gasteiger partial charge in [0, 0.05) is 5.56 Å². The van der Waals surface area contributed by atoms with E-state index in [9.17, 15) is 14.3 Å². The highest BCUT2D eigenvalue weighted by Gasteiger charge is 2.16. The van der Waals surface area contributed by atoms with Crippen LogP contribution in [0.2, 0.25) is 0 Å². The van der Waals surface area contributed by atoms with Gasteiger partial charge in [-0.1, -0.05) is 6.07 Å². The minimum absolute atomic E-state index is 0.0323. The van der Waals surface area contributed by atoms with Crippen LogP contribution in [0, 0.1) is 5.82 Å². The lowest BCUT2D eigenvalue weighted by Crippen LogP contribution is -2.02. The van der Waals surface area contributed by atoms with Crippen molar-refractivity contribution in [2.45, 2.75) is 0 Å². The fraction of sp³-hybridized carbons (Fsp3) is 0.0667. The zero-order valence-electron chi connectivity index (χ0n) is 11.1. The van der Waals surface area contributed by atoms with Crippen molar-refractivity contribution in [2.24, 2.45) is 0 Å². The molecule has 2 aromatic carbocycles. The second-order valence-corrected chi connectivity index (χ2v) is 4.48. The summed E-state index contributed by atoms with van der Waals surface area (Å²) in [7, 11) is 1.21. The lowest BCUT2D eigenvalue weighted by Gasteiger charge is -2.08. The van der Waals surface area contributed by atoms with Crippen molar-refractivity contribution in [1.82, 2.24) is 9.97 Å². The number of phenols is 1. The Bertz CT molecular complexity index is 842. The number of imidazole rings is 1. The summed E-state index contributed by atoms with van der Waals surface area (Å²) in [5.74, 6) is -2.07. The summed E-state index contributed by atoms with van der Waals surface area (Å²) in [5.41, 5.74) is 2.29. The summed E-state index contributed by atoms with van der Waals surface area (Å²) >= 11 is 0. The molecule has 3 aromatic rings. The number of esters is 1. The average molecular weight is 286 g/mol. The number of carbonyl (C=O) groups is 1. The van der Waals surface area contributed by atoms with Crippen LogP contribution >= 0.6 is 0 Å². The maximum absolute atomic E-state index is 13.8. The molecule has 0 unspecified atom stereocenters. The number of aromatic nitrogens is 2. The molecule has 21 heavy (non-hydrogen) atoms. The van der Waals surface area contributed by atoms with Gasteiger partial charge in [-0.15, -0.1) is 0 Å². The van der Waals surface area contributed by atoms with E-state index in [1.54, 1.807) is 24.5 Å². The topological polar surface area (TPSA) is 75.2 Å². The highest BCUT2D eigenvalue weighted by Crippen LogP contribution is 2.34. The zero-order valence-corrected chi connectivity index (χ0v) is 11.1. The Morgan fingerprint density at radius 2 is 2.14 bits per heavy atom. The highest BCUT2D eigenvalue weighted by molar-refractivity contribution is 5.92. The number of ether oxygens (including phenoxy) is 1. The number of hydrogen-bond acceptors (Lipinski definition) is 4. The Labute approximate surface area is 119 Å². The molecule has 0 saturated carbocycles. The second kappa shape index (κ2) is 4.90. The van der Waals surface area contributed by atoms with Crippen LogP contribution in [-0.4, -0.2) is 28.2 Å². The van der Waals surface area contributed by atoms with Gasteiger partial charge < -0.3 is 14.8 Å². The Morgan fingerprint density at radius 3 is 2.90 bits per heavy atom. The number of carbonyl (C=O) groups excluding carboxylic acids is 1. The van der Waals surface area contributed by atoms with E-state index >= 15 is 0 Å². The van der Waals surface area contributed by atoms with Crippen LogP contribution in [0.1, 0.15) is 10.4 Å². The molecule has 0 fully saturated rings. The van der Waals surface area contributed by atoms with Crippen LogP contribution in [0.15, 0.2) is 36.7 Å². The number of halogens is 1. The van der Waals surface area contributed by atoms with E-state index in [1.165, 1.54) is 13.2 Å². The molecule has 6 heteroatoms. The van der Waals surface area contributed by atoms with Crippen LogP contribution in [0.5, 0.6) is 5.75 Å². The van der Waals surface area contributed by atoms with Crippen molar-refractivity contribution in [2.75, 3.05) is 7.11 Å². The first-order chi connectivity index (χ1) is 10.1. The van der Waals surface area contributed by atoms with Crippen LogP contribution in [0.25, 0.3) is 22.2 Å². The lowest BCUT2D eigenvalue weighted by molar-refractivity contribution is 0.0600. The number of fused-ring (bicyclic) bond motifs is 1. The molecule has 0 aliphatic heterocycles. The quantitative estimate of drug-likeness (QED) is 0.710. The van der Waals surface area contributed by atoms with Crippen molar-refractivity contribution >= 4 is 17.0 Å². The molecule has 0 spiro atoms. The molecular formula is C15H11FN2O3. The molecule has 0 aliphatic carbocycles. The number of rotatable bonds is 2. The van der Waals surface area contributed by atoms with Gasteiger partial charge in [0.05, 0.1) is 30.0 Å². The SMILES string of the molecule is COC(=O)c1cc(F)c(O)c(-c2ccc3[nH]cnc3c2)c1. The largest absolute Gasteiger partial charge is 0.504 e. The summed E-state index contributed by atoms with van der Waals surface area (Å²) in [6, 6.07) is 7.49. The molecule has 106 valence electrons. The molecule has 1 aromatic heterocycles. The second-order valence-electron chi connectivity index (χ2n) is 4.48. The fourth-order valence-electron chi connectivity index (χ4n) is 2.15. The van der Waals surface area contributed by atoms with Crippen LogP contribution in [0.4, 0.5) is 4.39 Å². The van der Waals surface area contributed by atoms with Gasteiger partial charge in [-0.3, -0.25) is 0 Å². The van der Waals surface area contributed by atoms with E-state index < -0.39 is 17.5 Å². The third-order valence-corrected chi connectivity index (χ3v) is 3.22. The van der Waals surface area contributed by atoms with E-state index in [0.717, 1.165) is 11.6 Å². The van der Waals surface area contributed by atoms with Gasteiger partial charge in [-0.05, 0) is 29.8 Å². The summed E-state index contributed by atoms with van der Waals surface area (Å²) < 4.78 is 18.4. The summed E-state index contributed by atoms with van der Waals surface area (Å²) in [6.45, 7) is 0. The maximum Gasteiger partial charge on any atom is 0.337 e. The van der Waals surface area contributed by atoms with Crippen LogP contribution in [0.3, 0.4) is 0 Å². The summed E-state index contributed by atoms with van der Waals surface area (Å²) in [5, 5.41) is 9.90. The predicted octanol–water partition coefficient (Wildman–Crippen LogP) is 2.86. The highest BCUT2D eigenvalue weighted by atomic mass is 19.1. The molecule has 3 rings (SSSR count). The number of benzene rings is 2. The number of H-pyrrole nitrogens is 1. The van der Waals surface area contributed by atoms with Gasteiger partial charge in [-0.2, -0.15) is 0 Å². The Hall–Kier alpha value is -2.89. The van der Waals surface area contributed by atoms with E-state index in [0.29, 0.717) is 11.1 Å². The summed E-state index contributed by atoms with van der Waals surface area (Å²) in [6.07, 6.45) is 1.54. The van der Waals surface area contributed by atoms with Gasteiger partial charge in [0.2, 0.25) is 0 Å². The lowest BCUT2D eigenvalue weighted by atomic mass is 10.0. The van der Waals surface area contributed by atoms with E-state index in [4.69, 9.17) is 0 Å². The van der Waals surface area contributed by atoms with Gasteiger partial charge in [0.15, 0.2) is 11.6 Å². The minimum atomic E-state index is -0.880. The first kappa shape index (κ1) is 13.1. The molecule has 5 nitrogen and oxygen atoms in total. The number of phenolic OH excluding ortho intramolecular Hbond substituents is 1. The normalized spacial score (nSPS) is 10.8. The van der Waals surface area contributed by atoms with Crippen molar-refractivity contribution in [3.8, 4) is 16.9 Å². The third kappa shape index (κ3) is 2.20. The summed E-state index contributed by atoms with van der Waals surface area (Å²) in [4.78, 5) is 18.6. The average Bonchev–Trinajstić information content (AvgIpc) is 2.96. The number of nitrogens with zero attached hydrogens (tertiary/aromatic N) is 1. The van der Waals surface area contributed by atoms with Crippen molar-refractivity contribution in [3.63, 3.8) is 0 Å². The molecule has 0 saturated heterocycles. The number of aromatic amines is 1. The molecule has 0 atom stereocenters.